The smallest absolute Gasteiger partial charge is 0.105 e. The van der Waals surface area contributed by atoms with Gasteiger partial charge in [0, 0.05) is 18.2 Å². The zero-order valence-electron chi connectivity index (χ0n) is 11.4. The molecule has 0 aromatic carbocycles. The van der Waals surface area contributed by atoms with Gasteiger partial charge in [0.25, 0.3) is 0 Å². The highest BCUT2D eigenvalue weighted by atomic mass is 16.3. The van der Waals surface area contributed by atoms with Crippen molar-refractivity contribution in [2.45, 2.75) is 33.2 Å². The Balaban J connectivity index is 2.01. The molecule has 1 aromatic heterocycles. The first-order chi connectivity index (χ1) is 8.11. The van der Waals surface area contributed by atoms with Crippen molar-refractivity contribution < 1.29 is 4.42 Å². The minimum Gasteiger partial charge on any atom is -0.466 e. The molecule has 0 bridgehead atoms. The molecule has 0 radical (unpaired) electrons. The van der Waals surface area contributed by atoms with Crippen molar-refractivity contribution in [3.05, 3.63) is 23.2 Å². The van der Waals surface area contributed by atoms with Crippen LogP contribution in [0.1, 0.15) is 36.5 Å². The molecule has 0 amide bonds. The summed E-state index contributed by atoms with van der Waals surface area (Å²) < 4.78 is 5.63. The number of rotatable bonds is 4. The van der Waals surface area contributed by atoms with E-state index in [2.05, 4.69) is 30.1 Å². The van der Waals surface area contributed by atoms with E-state index >= 15 is 0 Å². The van der Waals surface area contributed by atoms with Crippen LogP contribution in [0.5, 0.6) is 0 Å². The van der Waals surface area contributed by atoms with Gasteiger partial charge >= 0.3 is 0 Å². The van der Waals surface area contributed by atoms with Gasteiger partial charge in [-0.1, -0.05) is 0 Å². The molecule has 96 valence electrons. The SMILES string of the molecule is CNCC1CCN(C(C)c2cc(C)oc2C)C1. The summed E-state index contributed by atoms with van der Waals surface area (Å²) in [6.07, 6.45) is 1.31. The Bertz CT molecular complexity index is 372. The number of nitrogens with zero attached hydrogens (tertiary/aromatic N) is 1. The van der Waals surface area contributed by atoms with Crippen LogP contribution in [-0.4, -0.2) is 31.6 Å². The van der Waals surface area contributed by atoms with Crippen LogP contribution < -0.4 is 5.32 Å². The summed E-state index contributed by atoms with van der Waals surface area (Å²) in [6, 6.07) is 2.67. The van der Waals surface area contributed by atoms with Gasteiger partial charge in [0.05, 0.1) is 0 Å². The van der Waals surface area contributed by atoms with Gasteiger partial charge in [-0.05, 0) is 59.3 Å². The summed E-state index contributed by atoms with van der Waals surface area (Å²) in [5.74, 6) is 2.90. The fourth-order valence-corrected chi connectivity index (χ4v) is 2.93. The lowest BCUT2D eigenvalue weighted by atomic mass is 10.1. The van der Waals surface area contributed by atoms with E-state index in [0.717, 1.165) is 24.0 Å². The predicted octanol–water partition coefficient (Wildman–Crippen LogP) is 2.50. The normalized spacial score (nSPS) is 23.2. The lowest BCUT2D eigenvalue weighted by Crippen LogP contribution is -2.27. The average molecular weight is 236 g/mol. The largest absolute Gasteiger partial charge is 0.466 e. The van der Waals surface area contributed by atoms with Crippen molar-refractivity contribution in [3.8, 4) is 0 Å². The molecule has 1 fully saturated rings. The second kappa shape index (κ2) is 5.23. The standard InChI is InChI=1S/C14H24N2O/c1-10-7-14(12(3)17-10)11(2)16-6-5-13(9-16)8-15-4/h7,11,13,15H,5-6,8-9H2,1-4H3. The Morgan fingerprint density at radius 1 is 1.53 bits per heavy atom. The fourth-order valence-electron chi connectivity index (χ4n) is 2.93. The van der Waals surface area contributed by atoms with Crippen molar-refractivity contribution in [1.82, 2.24) is 10.2 Å². The van der Waals surface area contributed by atoms with Crippen LogP contribution in [-0.2, 0) is 0 Å². The van der Waals surface area contributed by atoms with Crippen molar-refractivity contribution in [2.24, 2.45) is 5.92 Å². The monoisotopic (exact) mass is 236 g/mol. The Morgan fingerprint density at radius 2 is 2.29 bits per heavy atom. The minimum atomic E-state index is 0.481. The highest BCUT2D eigenvalue weighted by molar-refractivity contribution is 5.23. The van der Waals surface area contributed by atoms with Gasteiger partial charge in [-0.3, -0.25) is 4.90 Å². The second-order valence-corrected chi connectivity index (χ2v) is 5.25. The van der Waals surface area contributed by atoms with Gasteiger partial charge in [-0.25, -0.2) is 0 Å². The lowest BCUT2D eigenvalue weighted by molar-refractivity contribution is 0.250. The molecule has 2 heterocycles. The molecule has 1 aliphatic rings. The molecule has 2 unspecified atom stereocenters. The van der Waals surface area contributed by atoms with Gasteiger partial charge in [-0.15, -0.1) is 0 Å². The molecule has 1 N–H and O–H groups in total. The Kier molecular flexibility index (Phi) is 3.89. The van der Waals surface area contributed by atoms with Gasteiger partial charge in [0.2, 0.25) is 0 Å². The van der Waals surface area contributed by atoms with Crippen LogP contribution in [0.2, 0.25) is 0 Å². The van der Waals surface area contributed by atoms with E-state index < -0.39 is 0 Å². The Labute approximate surface area is 104 Å². The van der Waals surface area contributed by atoms with E-state index in [9.17, 15) is 0 Å². The molecular formula is C14H24N2O. The fraction of sp³-hybridized carbons (Fsp3) is 0.714. The van der Waals surface area contributed by atoms with Gasteiger partial charge in [0.15, 0.2) is 0 Å². The highest BCUT2D eigenvalue weighted by Crippen LogP contribution is 2.30. The third kappa shape index (κ3) is 2.72. The second-order valence-electron chi connectivity index (χ2n) is 5.25. The molecule has 0 spiro atoms. The molecule has 2 rings (SSSR count). The van der Waals surface area contributed by atoms with E-state index in [4.69, 9.17) is 4.42 Å². The molecule has 17 heavy (non-hydrogen) atoms. The maximum Gasteiger partial charge on any atom is 0.105 e. The van der Waals surface area contributed by atoms with Gasteiger partial charge < -0.3 is 9.73 Å². The van der Waals surface area contributed by atoms with Crippen molar-refractivity contribution in [1.29, 1.82) is 0 Å². The minimum absolute atomic E-state index is 0.481. The van der Waals surface area contributed by atoms with Crippen LogP contribution in [0.3, 0.4) is 0 Å². The van der Waals surface area contributed by atoms with Crippen LogP contribution in [0, 0.1) is 19.8 Å². The summed E-state index contributed by atoms with van der Waals surface area (Å²) in [5, 5.41) is 3.28. The van der Waals surface area contributed by atoms with Crippen molar-refractivity contribution in [3.63, 3.8) is 0 Å². The molecule has 1 saturated heterocycles. The van der Waals surface area contributed by atoms with E-state index in [-0.39, 0.29) is 0 Å². The molecule has 1 aliphatic heterocycles. The predicted molar refractivity (Wildman–Crippen MR) is 70.2 cm³/mol. The summed E-state index contributed by atoms with van der Waals surface area (Å²) in [7, 11) is 2.04. The quantitative estimate of drug-likeness (QED) is 0.870. The zero-order chi connectivity index (χ0) is 12.4. The molecule has 0 saturated carbocycles. The number of hydrogen-bond donors (Lipinski definition) is 1. The van der Waals surface area contributed by atoms with Gasteiger partial charge in [0.1, 0.15) is 11.5 Å². The summed E-state index contributed by atoms with van der Waals surface area (Å²) in [4.78, 5) is 2.57. The van der Waals surface area contributed by atoms with Gasteiger partial charge in [-0.2, -0.15) is 0 Å². The molecule has 3 nitrogen and oxygen atoms in total. The summed E-state index contributed by atoms with van der Waals surface area (Å²) in [5.41, 5.74) is 1.35. The number of furan rings is 1. The first-order valence-electron chi connectivity index (χ1n) is 6.57. The zero-order valence-corrected chi connectivity index (χ0v) is 11.4. The first kappa shape index (κ1) is 12.7. The lowest BCUT2D eigenvalue weighted by Gasteiger charge is -2.24. The highest BCUT2D eigenvalue weighted by Gasteiger charge is 2.27. The maximum atomic E-state index is 5.63. The van der Waals surface area contributed by atoms with Crippen LogP contribution in [0.25, 0.3) is 0 Å². The molecule has 3 heteroatoms. The van der Waals surface area contributed by atoms with Crippen LogP contribution >= 0.6 is 0 Å². The number of nitrogens with one attached hydrogen (secondary N) is 1. The summed E-state index contributed by atoms with van der Waals surface area (Å²) in [6.45, 7) is 9.92. The molecule has 0 aliphatic carbocycles. The molecule has 2 atom stereocenters. The van der Waals surface area contributed by atoms with E-state index in [0.29, 0.717) is 6.04 Å². The molecule has 1 aromatic rings. The van der Waals surface area contributed by atoms with E-state index in [1.165, 1.54) is 25.1 Å². The van der Waals surface area contributed by atoms with Crippen molar-refractivity contribution in [2.75, 3.05) is 26.7 Å². The average Bonchev–Trinajstić information content (AvgIpc) is 2.85. The number of likely N-dealkylation sites (tertiary alicyclic amines) is 1. The van der Waals surface area contributed by atoms with E-state index in [1.807, 2.05) is 14.0 Å². The Hall–Kier alpha value is -0.800. The van der Waals surface area contributed by atoms with E-state index in [1.54, 1.807) is 0 Å². The van der Waals surface area contributed by atoms with Crippen LogP contribution in [0.4, 0.5) is 0 Å². The third-order valence-electron chi connectivity index (χ3n) is 3.89. The molecular weight excluding hydrogens is 212 g/mol. The maximum absolute atomic E-state index is 5.63. The third-order valence-corrected chi connectivity index (χ3v) is 3.89. The summed E-state index contributed by atoms with van der Waals surface area (Å²) >= 11 is 0. The topological polar surface area (TPSA) is 28.4 Å². The first-order valence-corrected chi connectivity index (χ1v) is 6.57. The van der Waals surface area contributed by atoms with Crippen LogP contribution in [0.15, 0.2) is 10.5 Å². The number of aryl methyl sites for hydroxylation is 2. The van der Waals surface area contributed by atoms with Crippen molar-refractivity contribution >= 4 is 0 Å². The number of hydrogen-bond acceptors (Lipinski definition) is 3. The Morgan fingerprint density at radius 3 is 2.88 bits per heavy atom.